The van der Waals surface area contributed by atoms with Gasteiger partial charge in [0.15, 0.2) is 0 Å². The first-order chi connectivity index (χ1) is 39.9. The molecular weight excluding hydrogens is 993 g/mol. The zero-order chi connectivity index (χ0) is 55.5. The summed E-state index contributed by atoms with van der Waals surface area (Å²) in [5.41, 5.74) is 24.5. The van der Waals surface area contributed by atoms with Gasteiger partial charge in [-0.05, 0) is 155 Å². The van der Waals surface area contributed by atoms with E-state index in [1.165, 1.54) is 77.7 Å². The minimum absolute atomic E-state index is 0.0136. The summed E-state index contributed by atoms with van der Waals surface area (Å²) >= 11 is 0. The van der Waals surface area contributed by atoms with Crippen molar-refractivity contribution >= 4 is 66.8 Å². The molecule has 2 aliphatic carbocycles. The summed E-state index contributed by atoms with van der Waals surface area (Å²) in [6.07, 6.45) is 0. The van der Waals surface area contributed by atoms with Gasteiger partial charge in [0, 0.05) is 39.1 Å². The summed E-state index contributed by atoms with van der Waals surface area (Å²) in [6, 6.07) is 99.3. The summed E-state index contributed by atoms with van der Waals surface area (Å²) in [7, 11) is 0. The van der Waals surface area contributed by atoms with E-state index in [0.717, 1.165) is 67.0 Å². The molecule has 0 atom stereocenters. The molecule has 3 nitrogen and oxygen atoms in total. The molecule has 0 N–H and O–H groups in total. The number of hydrogen-bond acceptors (Lipinski definition) is 3. The SMILES string of the molecule is CC(C)(C)c1ccc(N(c2ccc(-c3ccccc3)cc2)c2cc3c(c4ccccc24)-c2c(cc(N(c4ccc(-c5ccccc5)cc4)c4ccc(C(C)(C)C)cc4)c4c2oc2ccccc24)C32c3ccccc3-c3ccccc32)cc1. The molecule has 3 heteroatoms. The Bertz CT molecular complexity index is 4550. The number of rotatable bonds is 8. The third-order valence-electron chi connectivity index (χ3n) is 17.6. The average molecular weight is 1060 g/mol. The van der Waals surface area contributed by atoms with Crippen molar-refractivity contribution in [2.45, 2.75) is 57.8 Å². The van der Waals surface area contributed by atoms with Crippen molar-refractivity contribution in [1.29, 1.82) is 0 Å². The Morgan fingerprint density at radius 2 is 0.695 bits per heavy atom. The zero-order valence-electron chi connectivity index (χ0n) is 47.2. The molecule has 82 heavy (non-hydrogen) atoms. The van der Waals surface area contributed by atoms with Gasteiger partial charge in [-0.1, -0.05) is 242 Å². The maximum Gasteiger partial charge on any atom is 0.145 e. The van der Waals surface area contributed by atoms with Crippen molar-refractivity contribution in [3.63, 3.8) is 0 Å². The van der Waals surface area contributed by atoms with Crippen LogP contribution in [0.4, 0.5) is 34.1 Å². The maximum atomic E-state index is 7.55. The summed E-state index contributed by atoms with van der Waals surface area (Å²) in [6.45, 7) is 13.7. The van der Waals surface area contributed by atoms with E-state index >= 15 is 0 Å². The van der Waals surface area contributed by atoms with E-state index in [-0.39, 0.29) is 10.8 Å². The van der Waals surface area contributed by atoms with E-state index in [1.54, 1.807) is 0 Å². The molecule has 0 radical (unpaired) electrons. The van der Waals surface area contributed by atoms with Crippen molar-refractivity contribution in [2.75, 3.05) is 9.80 Å². The van der Waals surface area contributed by atoms with Gasteiger partial charge in [0.2, 0.25) is 0 Å². The Morgan fingerprint density at radius 1 is 0.317 bits per heavy atom. The number of para-hydroxylation sites is 1. The van der Waals surface area contributed by atoms with Gasteiger partial charge in [0.1, 0.15) is 11.2 Å². The van der Waals surface area contributed by atoms with Crippen LogP contribution in [0.3, 0.4) is 0 Å². The van der Waals surface area contributed by atoms with Gasteiger partial charge in [0.05, 0.1) is 22.2 Å². The van der Waals surface area contributed by atoms with Crippen LogP contribution in [-0.2, 0) is 16.2 Å². The molecule has 2 aliphatic rings. The lowest BCUT2D eigenvalue weighted by atomic mass is 9.70. The van der Waals surface area contributed by atoms with Gasteiger partial charge in [0.25, 0.3) is 0 Å². The topological polar surface area (TPSA) is 19.6 Å². The van der Waals surface area contributed by atoms with Crippen molar-refractivity contribution in [1.82, 2.24) is 0 Å². The standard InChI is InChI=1S/C79H62N2O/c1-77(2,3)55-37-45-59(46-38-55)80(57-41-33-53(34-42-57)51-21-9-7-10-22-51)70-49-68-73(64-28-14-13-27-63(64)70)75-69(79(68)66-30-18-15-25-61(66)62-26-16-19-31-67(62)79)50-71(74-65-29-17-20-32-72(65)82-76(74)75)81(60-47-39-56(40-48-60)78(4,5)6)58-43-35-54(36-44-58)52-23-11-8-12-24-52/h7-50H,1-6H3. The van der Waals surface area contributed by atoms with E-state index in [1.807, 2.05) is 0 Å². The molecule has 394 valence electrons. The van der Waals surface area contributed by atoms with Gasteiger partial charge < -0.3 is 14.2 Å². The molecule has 0 amide bonds. The number of benzene rings is 12. The van der Waals surface area contributed by atoms with Crippen LogP contribution in [0.2, 0.25) is 0 Å². The predicted octanol–water partition coefficient (Wildman–Crippen LogP) is 22.0. The van der Waals surface area contributed by atoms with Crippen molar-refractivity contribution in [3.8, 4) is 44.5 Å². The lowest BCUT2D eigenvalue weighted by Crippen LogP contribution is -2.26. The van der Waals surface area contributed by atoms with E-state index in [9.17, 15) is 0 Å². The molecule has 0 aliphatic heterocycles. The Labute approximate surface area is 481 Å². The van der Waals surface area contributed by atoms with Crippen LogP contribution in [0.15, 0.2) is 271 Å². The van der Waals surface area contributed by atoms with Gasteiger partial charge in [-0.25, -0.2) is 0 Å². The number of furan rings is 1. The average Bonchev–Trinajstić information content (AvgIpc) is 2.08. The first-order valence-corrected chi connectivity index (χ1v) is 28.8. The first kappa shape index (κ1) is 49.4. The predicted molar refractivity (Wildman–Crippen MR) is 345 cm³/mol. The fourth-order valence-corrected chi connectivity index (χ4v) is 13.6. The molecule has 13 aromatic rings. The van der Waals surface area contributed by atoms with Crippen LogP contribution in [-0.4, -0.2) is 0 Å². The van der Waals surface area contributed by atoms with Crippen LogP contribution in [0, 0.1) is 0 Å². The first-order valence-electron chi connectivity index (χ1n) is 28.8. The molecule has 12 aromatic carbocycles. The highest BCUT2D eigenvalue weighted by atomic mass is 16.3. The van der Waals surface area contributed by atoms with Crippen LogP contribution >= 0.6 is 0 Å². The van der Waals surface area contributed by atoms with Gasteiger partial charge >= 0.3 is 0 Å². The minimum atomic E-state index is -0.767. The third-order valence-corrected chi connectivity index (χ3v) is 17.6. The maximum absolute atomic E-state index is 7.55. The van der Waals surface area contributed by atoms with Gasteiger partial charge in [-0.3, -0.25) is 0 Å². The van der Waals surface area contributed by atoms with Crippen molar-refractivity contribution < 1.29 is 4.42 Å². The second-order valence-electron chi connectivity index (χ2n) is 24.4. The summed E-state index contributed by atoms with van der Waals surface area (Å²) < 4.78 is 7.55. The molecule has 0 bridgehead atoms. The number of nitrogens with zero attached hydrogens (tertiary/aromatic N) is 2. The summed E-state index contributed by atoms with van der Waals surface area (Å²) in [4.78, 5) is 4.98. The second-order valence-corrected chi connectivity index (χ2v) is 24.4. The highest BCUT2D eigenvalue weighted by Gasteiger charge is 2.54. The Morgan fingerprint density at radius 3 is 1.20 bits per heavy atom. The Hall–Kier alpha value is -9.70. The van der Waals surface area contributed by atoms with E-state index in [0.29, 0.717) is 0 Å². The Kier molecular flexibility index (Phi) is 11.2. The molecule has 0 unspecified atom stereocenters. The van der Waals surface area contributed by atoms with Gasteiger partial charge in [-0.15, -0.1) is 0 Å². The largest absolute Gasteiger partial charge is 0.455 e. The van der Waals surface area contributed by atoms with Crippen LogP contribution in [0.25, 0.3) is 77.2 Å². The fourth-order valence-electron chi connectivity index (χ4n) is 13.6. The highest BCUT2D eigenvalue weighted by Crippen LogP contribution is 2.67. The van der Waals surface area contributed by atoms with Crippen LogP contribution in [0.5, 0.6) is 0 Å². The molecule has 1 heterocycles. The smallest absolute Gasteiger partial charge is 0.145 e. The summed E-state index contributed by atoms with van der Waals surface area (Å²) in [5.74, 6) is 0. The second kappa shape index (κ2) is 18.7. The summed E-state index contributed by atoms with van der Waals surface area (Å²) in [5, 5.41) is 4.49. The normalized spacial score (nSPS) is 13.1. The Balaban J connectivity index is 1.06. The number of hydrogen-bond donors (Lipinski definition) is 0. The molecule has 0 fully saturated rings. The lowest BCUT2D eigenvalue weighted by Gasteiger charge is -2.34. The molecule has 0 saturated carbocycles. The quantitative estimate of drug-likeness (QED) is 0.151. The molecule has 1 aromatic heterocycles. The lowest BCUT2D eigenvalue weighted by molar-refractivity contribution is 0.590. The molecular formula is C79H62N2O. The monoisotopic (exact) mass is 1050 g/mol. The van der Waals surface area contributed by atoms with E-state index < -0.39 is 5.41 Å². The van der Waals surface area contributed by atoms with E-state index in [2.05, 4.69) is 318 Å². The fraction of sp³-hybridized carbons (Fsp3) is 0.114. The van der Waals surface area contributed by atoms with E-state index in [4.69, 9.17) is 4.42 Å². The van der Waals surface area contributed by atoms with Crippen molar-refractivity contribution in [3.05, 3.63) is 300 Å². The minimum Gasteiger partial charge on any atom is -0.455 e. The number of fused-ring (bicyclic) bond motifs is 16. The molecule has 15 rings (SSSR count). The molecule has 0 saturated heterocycles. The van der Waals surface area contributed by atoms with Crippen LogP contribution in [0.1, 0.15) is 74.9 Å². The van der Waals surface area contributed by atoms with Crippen LogP contribution < -0.4 is 9.80 Å². The number of anilines is 6. The third kappa shape index (κ3) is 7.63. The molecule has 1 spiro atoms. The van der Waals surface area contributed by atoms with Gasteiger partial charge in [-0.2, -0.15) is 0 Å². The zero-order valence-corrected chi connectivity index (χ0v) is 47.2. The van der Waals surface area contributed by atoms with Crippen molar-refractivity contribution in [2.24, 2.45) is 0 Å². The highest BCUT2D eigenvalue weighted by molar-refractivity contribution is 6.23.